The van der Waals surface area contributed by atoms with Crippen molar-refractivity contribution in [2.24, 2.45) is 0 Å². The zero-order valence-corrected chi connectivity index (χ0v) is 21.6. The third-order valence-corrected chi connectivity index (χ3v) is 7.70. The largest absolute Gasteiger partial charge is 0.495 e. The minimum absolute atomic E-state index is 0.0765. The molecule has 180 valence electrons. The van der Waals surface area contributed by atoms with Gasteiger partial charge in [-0.3, -0.25) is 0 Å². The zero-order chi connectivity index (χ0) is 24.1. The standard InChI is InChI=1S/C29H36ClN3O/c1-5-32(6-2)20-19-29(24-14-8-7-9-15-24)22-33(26-17-11-10-16-25(26)29)31(3)21-23-13-12-18-27(34-4)28(23)30/h7-18H,5-6,19-22H2,1-4H3. The molecule has 0 spiro atoms. The zero-order valence-electron chi connectivity index (χ0n) is 20.8. The van der Waals surface area contributed by atoms with Crippen molar-refractivity contribution >= 4 is 17.3 Å². The Morgan fingerprint density at radius 1 is 0.941 bits per heavy atom. The predicted molar refractivity (Wildman–Crippen MR) is 143 cm³/mol. The van der Waals surface area contributed by atoms with E-state index in [0.717, 1.165) is 38.2 Å². The topological polar surface area (TPSA) is 19.0 Å². The number of anilines is 1. The first-order valence-corrected chi connectivity index (χ1v) is 12.6. The van der Waals surface area contributed by atoms with E-state index in [9.17, 15) is 0 Å². The predicted octanol–water partition coefficient (Wildman–Crippen LogP) is 6.23. The van der Waals surface area contributed by atoms with Gasteiger partial charge >= 0.3 is 0 Å². The van der Waals surface area contributed by atoms with Crippen LogP contribution < -0.4 is 9.75 Å². The Morgan fingerprint density at radius 3 is 2.35 bits per heavy atom. The average Bonchev–Trinajstić information content (AvgIpc) is 3.22. The van der Waals surface area contributed by atoms with Crippen molar-refractivity contribution in [1.29, 1.82) is 0 Å². The fourth-order valence-electron chi connectivity index (χ4n) is 5.25. The molecule has 34 heavy (non-hydrogen) atoms. The van der Waals surface area contributed by atoms with Gasteiger partial charge in [-0.15, -0.1) is 0 Å². The summed E-state index contributed by atoms with van der Waals surface area (Å²) in [5.41, 5.74) is 5.03. The molecule has 0 saturated heterocycles. The highest BCUT2D eigenvalue weighted by molar-refractivity contribution is 6.32. The van der Waals surface area contributed by atoms with Crippen LogP contribution in [0.5, 0.6) is 5.75 Å². The summed E-state index contributed by atoms with van der Waals surface area (Å²) in [6.07, 6.45) is 1.07. The van der Waals surface area contributed by atoms with Crippen molar-refractivity contribution in [3.05, 3.63) is 94.5 Å². The molecule has 0 N–H and O–H groups in total. The molecular formula is C29H36ClN3O. The van der Waals surface area contributed by atoms with Gasteiger partial charge in [0.15, 0.2) is 0 Å². The Bertz CT molecular complexity index is 1090. The SMILES string of the molecule is CCN(CC)CCC1(c2ccccc2)CN(N(C)Cc2cccc(OC)c2Cl)c2ccccc21. The second-order valence-electron chi connectivity index (χ2n) is 9.05. The van der Waals surface area contributed by atoms with Gasteiger partial charge in [0.1, 0.15) is 5.75 Å². The highest BCUT2D eigenvalue weighted by Gasteiger charge is 2.45. The first-order chi connectivity index (χ1) is 16.5. The number of para-hydroxylation sites is 1. The number of hydrogen-bond donors (Lipinski definition) is 0. The van der Waals surface area contributed by atoms with Crippen LogP contribution >= 0.6 is 11.6 Å². The molecule has 0 radical (unpaired) electrons. The summed E-state index contributed by atoms with van der Waals surface area (Å²) in [7, 11) is 3.81. The molecule has 0 bridgehead atoms. The van der Waals surface area contributed by atoms with Crippen LogP contribution in [0.3, 0.4) is 0 Å². The summed E-state index contributed by atoms with van der Waals surface area (Å²) in [6.45, 7) is 9.30. The molecule has 1 heterocycles. The van der Waals surface area contributed by atoms with Crippen LogP contribution in [0.1, 0.15) is 37.0 Å². The van der Waals surface area contributed by atoms with E-state index in [1.54, 1.807) is 7.11 Å². The van der Waals surface area contributed by atoms with E-state index in [4.69, 9.17) is 16.3 Å². The van der Waals surface area contributed by atoms with Gasteiger partial charge in [0, 0.05) is 25.6 Å². The lowest BCUT2D eigenvalue weighted by atomic mass is 9.73. The molecule has 1 aliphatic heterocycles. The molecular weight excluding hydrogens is 442 g/mol. The lowest BCUT2D eigenvalue weighted by molar-refractivity contribution is 0.254. The monoisotopic (exact) mass is 477 g/mol. The molecule has 1 unspecified atom stereocenters. The maximum absolute atomic E-state index is 6.65. The lowest BCUT2D eigenvalue weighted by Crippen LogP contribution is -2.44. The summed E-state index contributed by atoms with van der Waals surface area (Å²) < 4.78 is 5.45. The van der Waals surface area contributed by atoms with E-state index < -0.39 is 0 Å². The van der Waals surface area contributed by atoms with Gasteiger partial charge < -0.3 is 14.6 Å². The van der Waals surface area contributed by atoms with Gasteiger partial charge in [0.2, 0.25) is 0 Å². The maximum Gasteiger partial charge on any atom is 0.137 e. The molecule has 5 heteroatoms. The van der Waals surface area contributed by atoms with E-state index in [1.165, 1.54) is 16.8 Å². The van der Waals surface area contributed by atoms with Gasteiger partial charge in [-0.1, -0.05) is 86.1 Å². The van der Waals surface area contributed by atoms with Crippen molar-refractivity contribution in [3.63, 3.8) is 0 Å². The van der Waals surface area contributed by atoms with Crippen molar-refractivity contribution in [1.82, 2.24) is 9.91 Å². The van der Waals surface area contributed by atoms with Crippen LogP contribution in [0.15, 0.2) is 72.8 Å². The van der Waals surface area contributed by atoms with Crippen molar-refractivity contribution in [2.75, 3.05) is 45.3 Å². The van der Waals surface area contributed by atoms with Gasteiger partial charge in [0.25, 0.3) is 0 Å². The number of hydrogen-bond acceptors (Lipinski definition) is 4. The van der Waals surface area contributed by atoms with Crippen LogP contribution in [0.2, 0.25) is 5.02 Å². The van der Waals surface area contributed by atoms with Crippen LogP contribution in [-0.2, 0) is 12.0 Å². The summed E-state index contributed by atoms with van der Waals surface area (Å²) in [4.78, 5) is 2.52. The Morgan fingerprint density at radius 2 is 1.65 bits per heavy atom. The van der Waals surface area contributed by atoms with Crippen molar-refractivity contribution in [3.8, 4) is 5.75 Å². The van der Waals surface area contributed by atoms with Crippen molar-refractivity contribution < 1.29 is 4.74 Å². The fourth-order valence-corrected chi connectivity index (χ4v) is 5.52. The second kappa shape index (κ2) is 10.8. The molecule has 3 aromatic carbocycles. The third kappa shape index (κ3) is 4.68. The first-order valence-electron chi connectivity index (χ1n) is 12.2. The highest BCUT2D eigenvalue weighted by Crippen LogP contribution is 2.48. The molecule has 0 saturated carbocycles. The Kier molecular flexibility index (Phi) is 7.82. The van der Waals surface area contributed by atoms with Crippen LogP contribution in [0, 0.1) is 0 Å². The molecule has 0 amide bonds. The number of fused-ring (bicyclic) bond motifs is 1. The van der Waals surface area contributed by atoms with Crippen LogP contribution in [0.25, 0.3) is 0 Å². The van der Waals surface area contributed by atoms with E-state index >= 15 is 0 Å². The van der Waals surface area contributed by atoms with Gasteiger partial charge in [-0.2, -0.15) is 0 Å². The number of halogens is 1. The smallest absolute Gasteiger partial charge is 0.137 e. The Labute approximate surface area is 209 Å². The molecule has 0 aliphatic carbocycles. The second-order valence-corrected chi connectivity index (χ2v) is 9.43. The fraction of sp³-hybridized carbons (Fsp3) is 0.379. The van der Waals surface area contributed by atoms with E-state index in [1.807, 2.05) is 12.1 Å². The Hall–Kier alpha value is -2.53. The first kappa shape index (κ1) is 24.6. The summed E-state index contributed by atoms with van der Waals surface area (Å²) in [5.74, 6) is 0.715. The molecule has 4 rings (SSSR count). The van der Waals surface area contributed by atoms with E-state index in [-0.39, 0.29) is 5.41 Å². The molecule has 3 aromatic rings. The molecule has 1 atom stereocenters. The van der Waals surface area contributed by atoms with Gasteiger partial charge in [-0.25, -0.2) is 5.01 Å². The number of rotatable bonds is 10. The minimum Gasteiger partial charge on any atom is -0.495 e. The Balaban J connectivity index is 1.71. The van der Waals surface area contributed by atoms with Crippen LogP contribution in [-0.4, -0.2) is 50.2 Å². The minimum atomic E-state index is -0.0765. The number of ether oxygens (including phenoxy) is 1. The lowest BCUT2D eigenvalue weighted by Gasteiger charge is -2.36. The molecule has 1 aliphatic rings. The highest BCUT2D eigenvalue weighted by atomic mass is 35.5. The molecule has 0 fully saturated rings. The normalized spacial score (nSPS) is 17.4. The summed E-state index contributed by atoms with van der Waals surface area (Å²) >= 11 is 6.65. The number of methoxy groups -OCH3 is 1. The van der Waals surface area contributed by atoms with Crippen molar-refractivity contribution in [2.45, 2.75) is 32.2 Å². The maximum atomic E-state index is 6.65. The molecule has 0 aromatic heterocycles. The number of benzene rings is 3. The van der Waals surface area contributed by atoms with Gasteiger partial charge in [-0.05, 0) is 54.9 Å². The average molecular weight is 478 g/mol. The van der Waals surface area contributed by atoms with E-state index in [2.05, 4.69) is 96.5 Å². The quantitative estimate of drug-likeness (QED) is 0.344. The molecule has 4 nitrogen and oxygen atoms in total. The number of hydrazine groups is 1. The number of nitrogens with zero attached hydrogens (tertiary/aromatic N) is 3. The summed E-state index contributed by atoms with van der Waals surface area (Å²) in [5, 5.41) is 5.40. The van der Waals surface area contributed by atoms with E-state index in [0.29, 0.717) is 17.3 Å². The summed E-state index contributed by atoms with van der Waals surface area (Å²) in [6, 6.07) is 25.9. The van der Waals surface area contributed by atoms with Crippen LogP contribution in [0.4, 0.5) is 5.69 Å². The van der Waals surface area contributed by atoms with Gasteiger partial charge in [0.05, 0.1) is 17.8 Å². The third-order valence-electron chi connectivity index (χ3n) is 7.27.